The molecule has 1 aliphatic rings. The SMILES string of the molecule is CCCN1CCCCC(N)C1c1cnn(CCC)c1. The second-order valence-corrected chi connectivity index (χ2v) is 5.68. The quantitative estimate of drug-likeness (QED) is 0.889. The highest BCUT2D eigenvalue weighted by atomic mass is 15.3. The first-order valence-corrected chi connectivity index (χ1v) is 7.78. The van der Waals surface area contributed by atoms with Gasteiger partial charge in [0.15, 0.2) is 0 Å². The molecule has 2 rings (SSSR count). The Hall–Kier alpha value is -0.870. The van der Waals surface area contributed by atoms with Crippen molar-refractivity contribution in [2.24, 2.45) is 5.73 Å². The van der Waals surface area contributed by atoms with Crippen molar-refractivity contribution in [3.8, 4) is 0 Å². The molecule has 2 unspecified atom stereocenters. The van der Waals surface area contributed by atoms with Gasteiger partial charge in [-0.3, -0.25) is 9.58 Å². The molecule has 2 N–H and O–H groups in total. The topological polar surface area (TPSA) is 47.1 Å². The maximum absolute atomic E-state index is 6.44. The minimum atomic E-state index is 0.244. The molecule has 1 aromatic heterocycles. The molecule has 1 aliphatic heterocycles. The van der Waals surface area contributed by atoms with Gasteiger partial charge in [0.2, 0.25) is 0 Å². The largest absolute Gasteiger partial charge is 0.326 e. The van der Waals surface area contributed by atoms with Gasteiger partial charge in [0.25, 0.3) is 0 Å². The minimum Gasteiger partial charge on any atom is -0.326 e. The van der Waals surface area contributed by atoms with Gasteiger partial charge in [0.05, 0.1) is 12.2 Å². The standard InChI is InChI=1S/C15H28N4/c1-3-8-18-10-6-5-7-14(16)15(18)13-11-17-19(12-13)9-4-2/h11-12,14-15H,3-10,16H2,1-2H3. The summed E-state index contributed by atoms with van der Waals surface area (Å²) in [4.78, 5) is 2.56. The predicted molar refractivity (Wildman–Crippen MR) is 78.9 cm³/mol. The lowest BCUT2D eigenvalue weighted by Crippen LogP contribution is -2.40. The molecule has 0 aromatic carbocycles. The van der Waals surface area contributed by atoms with Crippen molar-refractivity contribution in [1.29, 1.82) is 0 Å². The average Bonchev–Trinajstić information content (AvgIpc) is 2.76. The number of rotatable bonds is 5. The minimum absolute atomic E-state index is 0.244. The van der Waals surface area contributed by atoms with Crippen LogP contribution in [-0.2, 0) is 6.54 Å². The number of hydrogen-bond donors (Lipinski definition) is 1. The van der Waals surface area contributed by atoms with Crippen LogP contribution < -0.4 is 5.73 Å². The van der Waals surface area contributed by atoms with Gasteiger partial charge in [0, 0.05) is 24.3 Å². The highest BCUT2D eigenvalue weighted by molar-refractivity contribution is 5.14. The molecule has 2 heterocycles. The molecule has 0 saturated carbocycles. The van der Waals surface area contributed by atoms with Gasteiger partial charge in [-0.05, 0) is 38.8 Å². The second kappa shape index (κ2) is 7.06. The number of likely N-dealkylation sites (tertiary alicyclic amines) is 1. The number of aryl methyl sites for hydroxylation is 1. The summed E-state index contributed by atoms with van der Waals surface area (Å²) in [5, 5.41) is 4.48. The van der Waals surface area contributed by atoms with Crippen LogP contribution in [0.3, 0.4) is 0 Å². The van der Waals surface area contributed by atoms with Crippen molar-refractivity contribution in [2.45, 2.75) is 64.6 Å². The van der Waals surface area contributed by atoms with E-state index in [2.05, 4.69) is 34.7 Å². The molecular weight excluding hydrogens is 236 g/mol. The molecule has 108 valence electrons. The number of nitrogens with zero attached hydrogens (tertiary/aromatic N) is 3. The third kappa shape index (κ3) is 3.57. The fourth-order valence-corrected chi connectivity index (χ4v) is 3.14. The van der Waals surface area contributed by atoms with E-state index < -0.39 is 0 Å². The lowest BCUT2D eigenvalue weighted by molar-refractivity contribution is 0.185. The van der Waals surface area contributed by atoms with E-state index in [-0.39, 0.29) is 6.04 Å². The first kappa shape index (κ1) is 14.5. The van der Waals surface area contributed by atoms with Crippen LogP contribution >= 0.6 is 0 Å². The summed E-state index contributed by atoms with van der Waals surface area (Å²) >= 11 is 0. The zero-order chi connectivity index (χ0) is 13.7. The molecule has 19 heavy (non-hydrogen) atoms. The summed E-state index contributed by atoms with van der Waals surface area (Å²) in [6.07, 6.45) is 10.2. The third-order valence-electron chi connectivity index (χ3n) is 3.99. The zero-order valence-corrected chi connectivity index (χ0v) is 12.4. The maximum Gasteiger partial charge on any atom is 0.0538 e. The summed E-state index contributed by atoms with van der Waals surface area (Å²) < 4.78 is 2.05. The molecule has 0 radical (unpaired) electrons. The summed E-state index contributed by atoms with van der Waals surface area (Å²) in [6, 6.07) is 0.599. The van der Waals surface area contributed by atoms with E-state index >= 15 is 0 Å². The van der Waals surface area contributed by atoms with Crippen molar-refractivity contribution < 1.29 is 0 Å². The Morgan fingerprint density at radius 1 is 1.26 bits per heavy atom. The Labute approximate surface area is 117 Å². The first-order valence-electron chi connectivity index (χ1n) is 7.78. The van der Waals surface area contributed by atoms with E-state index in [0.29, 0.717) is 6.04 Å². The molecule has 1 fully saturated rings. The summed E-state index contributed by atoms with van der Waals surface area (Å²) in [7, 11) is 0. The molecule has 4 heteroatoms. The van der Waals surface area contributed by atoms with E-state index in [1.165, 1.54) is 31.4 Å². The molecule has 2 atom stereocenters. The van der Waals surface area contributed by atoms with Gasteiger partial charge in [-0.2, -0.15) is 5.10 Å². The van der Waals surface area contributed by atoms with Crippen molar-refractivity contribution in [1.82, 2.24) is 14.7 Å². The average molecular weight is 264 g/mol. The Morgan fingerprint density at radius 2 is 2.05 bits per heavy atom. The van der Waals surface area contributed by atoms with Gasteiger partial charge < -0.3 is 5.73 Å². The van der Waals surface area contributed by atoms with Crippen LogP contribution in [0.15, 0.2) is 12.4 Å². The molecule has 0 bridgehead atoms. The van der Waals surface area contributed by atoms with Crippen LogP contribution in [0.4, 0.5) is 0 Å². The zero-order valence-electron chi connectivity index (χ0n) is 12.4. The summed E-state index contributed by atoms with van der Waals surface area (Å²) in [5.74, 6) is 0. The van der Waals surface area contributed by atoms with E-state index in [9.17, 15) is 0 Å². The third-order valence-corrected chi connectivity index (χ3v) is 3.99. The van der Waals surface area contributed by atoms with Crippen LogP contribution in [-0.4, -0.2) is 33.8 Å². The van der Waals surface area contributed by atoms with Crippen molar-refractivity contribution >= 4 is 0 Å². The van der Waals surface area contributed by atoms with Gasteiger partial charge in [-0.15, -0.1) is 0 Å². The summed E-state index contributed by atoms with van der Waals surface area (Å²) in [6.45, 7) is 7.73. The molecular formula is C15H28N4. The smallest absolute Gasteiger partial charge is 0.0538 e. The van der Waals surface area contributed by atoms with Crippen LogP contribution in [0, 0.1) is 0 Å². The highest BCUT2D eigenvalue weighted by Crippen LogP contribution is 2.29. The second-order valence-electron chi connectivity index (χ2n) is 5.68. The van der Waals surface area contributed by atoms with Crippen molar-refractivity contribution in [2.75, 3.05) is 13.1 Å². The van der Waals surface area contributed by atoms with Gasteiger partial charge in [0.1, 0.15) is 0 Å². The molecule has 1 saturated heterocycles. The van der Waals surface area contributed by atoms with Crippen LogP contribution in [0.1, 0.15) is 57.6 Å². The fraction of sp³-hybridized carbons (Fsp3) is 0.800. The Balaban J connectivity index is 2.18. The van der Waals surface area contributed by atoms with Crippen LogP contribution in [0.2, 0.25) is 0 Å². The monoisotopic (exact) mass is 264 g/mol. The van der Waals surface area contributed by atoms with Crippen molar-refractivity contribution in [3.63, 3.8) is 0 Å². The van der Waals surface area contributed by atoms with Gasteiger partial charge in [-0.25, -0.2) is 0 Å². The van der Waals surface area contributed by atoms with E-state index in [1.54, 1.807) is 0 Å². The Kier molecular flexibility index (Phi) is 5.40. The molecule has 0 aliphatic carbocycles. The lowest BCUT2D eigenvalue weighted by atomic mass is 9.99. The normalized spacial score (nSPS) is 25.4. The Morgan fingerprint density at radius 3 is 2.79 bits per heavy atom. The fourth-order valence-electron chi connectivity index (χ4n) is 3.14. The first-order chi connectivity index (χ1) is 9.26. The number of aromatic nitrogens is 2. The lowest BCUT2D eigenvalue weighted by Gasteiger charge is -2.32. The molecule has 0 amide bonds. The molecule has 0 spiro atoms. The number of nitrogens with two attached hydrogens (primary N) is 1. The van der Waals surface area contributed by atoms with Crippen molar-refractivity contribution in [3.05, 3.63) is 18.0 Å². The predicted octanol–water partition coefficient (Wildman–Crippen LogP) is 2.56. The van der Waals surface area contributed by atoms with E-state index in [0.717, 1.165) is 25.9 Å². The Bertz CT molecular complexity index is 374. The number of hydrogen-bond acceptors (Lipinski definition) is 3. The van der Waals surface area contributed by atoms with Crippen LogP contribution in [0.25, 0.3) is 0 Å². The van der Waals surface area contributed by atoms with E-state index in [4.69, 9.17) is 5.73 Å². The van der Waals surface area contributed by atoms with E-state index in [1.807, 2.05) is 6.20 Å². The molecule has 1 aromatic rings. The van der Waals surface area contributed by atoms with Gasteiger partial charge >= 0.3 is 0 Å². The highest BCUT2D eigenvalue weighted by Gasteiger charge is 2.29. The van der Waals surface area contributed by atoms with Crippen LogP contribution in [0.5, 0.6) is 0 Å². The van der Waals surface area contributed by atoms with Gasteiger partial charge in [-0.1, -0.05) is 20.3 Å². The maximum atomic E-state index is 6.44. The summed E-state index contributed by atoms with van der Waals surface area (Å²) in [5.41, 5.74) is 7.74. The molecule has 4 nitrogen and oxygen atoms in total.